The molecule has 5 heteroatoms. The molecule has 0 bridgehead atoms. The van der Waals surface area contributed by atoms with Gasteiger partial charge in [0.25, 0.3) is 0 Å². The van der Waals surface area contributed by atoms with E-state index < -0.39 is 17.7 Å². The molecule has 0 unspecified atom stereocenters. The van der Waals surface area contributed by atoms with Crippen molar-refractivity contribution in [1.29, 1.82) is 0 Å². The van der Waals surface area contributed by atoms with Crippen molar-refractivity contribution in [3.63, 3.8) is 0 Å². The summed E-state index contributed by atoms with van der Waals surface area (Å²) in [6.45, 7) is -0.0743. The Kier molecular flexibility index (Phi) is 2.64. The van der Waals surface area contributed by atoms with Gasteiger partial charge in [0.05, 0.1) is 5.56 Å². The largest absolute Gasteiger partial charge is 0.362 e. The maximum absolute atomic E-state index is 13.3. The fraction of sp³-hybridized carbons (Fsp3) is 0.300. The molecule has 80 valence electrons. The van der Waals surface area contributed by atoms with Crippen LogP contribution in [0.3, 0.4) is 0 Å². The summed E-state index contributed by atoms with van der Waals surface area (Å²) in [6.07, 6.45) is -0.746. The topological polar surface area (TPSA) is 38.3 Å². The third-order valence-corrected chi connectivity index (χ3v) is 2.22. The van der Waals surface area contributed by atoms with Gasteiger partial charge in [0.2, 0.25) is 5.91 Å². The number of amides is 1. The number of hydrogen-bond donors (Lipinski definition) is 1. The number of rotatable bonds is 1. The van der Waals surface area contributed by atoms with Gasteiger partial charge in [-0.1, -0.05) is 6.07 Å². The molecule has 0 radical (unpaired) electrons. The summed E-state index contributed by atoms with van der Waals surface area (Å²) in [4.78, 5) is 10.8. The fourth-order valence-corrected chi connectivity index (χ4v) is 1.50. The van der Waals surface area contributed by atoms with Crippen molar-refractivity contribution in [3.8, 4) is 0 Å². The lowest BCUT2D eigenvalue weighted by Crippen LogP contribution is -2.39. The first kappa shape index (κ1) is 10.0. The van der Waals surface area contributed by atoms with E-state index in [0.717, 1.165) is 12.1 Å². The van der Waals surface area contributed by atoms with Crippen LogP contribution in [0.2, 0.25) is 0 Å². The van der Waals surface area contributed by atoms with Gasteiger partial charge in [-0.25, -0.2) is 8.78 Å². The van der Waals surface area contributed by atoms with Gasteiger partial charge in [-0.15, -0.1) is 0 Å². The van der Waals surface area contributed by atoms with Crippen LogP contribution in [-0.4, -0.2) is 19.1 Å². The lowest BCUT2D eigenvalue weighted by Gasteiger charge is -2.23. The number of carbonyl (C=O) groups is 1. The van der Waals surface area contributed by atoms with Crippen LogP contribution in [0.4, 0.5) is 8.78 Å². The lowest BCUT2D eigenvalue weighted by atomic mass is 10.1. The smallest absolute Gasteiger partial charge is 0.246 e. The zero-order valence-corrected chi connectivity index (χ0v) is 7.80. The van der Waals surface area contributed by atoms with E-state index in [2.05, 4.69) is 5.32 Å². The first-order valence-corrected chi connectivity index (χ1v) is 4.50. The average molecular weight is 213 g/mol. The first-order valence-electron chi connectivity index (χ1n) is 4.50. The Morgan fingerprint density at radius 1 is 1.33 bits per heavy atom. The Morgan fingerprint density at radius 3 is 2.53 bits per heavy atom. The highest BCUT2D eigenvalue weighted by Gasteiger charge is 2.25. The maximum atomic E-state index is 13.3. The van der Waals surface area contributed by atoms with Crippen molar-refractivity contribution in [1.82, 2.24) is 5.32 Å². The zero-order chi connectivity index (χ0) is 10.8. The quantitative estimate of drug-likeness (QED) is 0.760. The molecule has 1 saturated heterocycles. The molecule has 0 saturated carbocycles. The molecule has 1 N–H and O–H groups in total. The standard InChI is InChI=1S/C10H9F2NO2/c11-6-2-1-3-7(12)10(6)8-4-13-9(14)5-15-8/h1-3,8H,4-5H2,(H,13,14)/t8-/m1/s1. The Bertz CT molecular complexity index is 365. The number of hydrogen-bond acceptors (Lipinski definition) is 2. The van der Waals surface area contributed by atoms with Gasteiger partial charge in [0.15, 0.2) is 0 Å². The van der Waals surface area contributed by atoms with Crippen molar-refractivity contribution in [2.75, 3.05) is 13.2 Å². The highest BCUT2D eigenvalue weighted by molar-refractivity contribution is 5.77. The molecule has 1 aromatic carbocycles. The van der Waals surface area contributed by atoms with Gasteiger partial charge in [-0.3, -0.25) is 4.79 Å². The maximum Gasteiger partial charge on any atom is 0.246 e. The van der Waals surface area contributed by atoms with E-state index in [1.807, 2.05) is 0 Å². The third-order valence-electron chi connectivity index (χ3n) is 2.22. The molecule has 1 aliphatic heterocycles. The number of ether oxygens (including phenoxy) is 1. The van der Waals surface area contributed by atoms with Gasteiger partial charge in [0.1, 0.15) is 24.3 Å². The van der Waals surface area contributed by atoms with Crippen LogP contribution < -0.4 is 5.32 Å². The molecular formula is C10H9F2NO2. The average Bonchev–Trinajstić information content (AvgIpc) is 2.20. The van der Waals surface area contributed by atoms with Crippen LogP contribution in [0.1, 0.15) is 11.7 Å². The molecule has 3 nitrogen and oxygen atoms in total. The molecule has 1 amide bonds. The summed E-state index contributed by atoms with van der Waals surface area (Å²) < 4.78 is 31.6. The van der Waals surface area contributed by atoms with Gasteiger partial charge in [-0.2, -0.15) is 0 Å². The summed E-state index contributed by atoms with van der Waals surface area (Å²) in [7, 11) is 0. The second-order valence-electron chi connectivity index (χ2n) is 3.24. The number of morpholine rings is 1. The molecule has 2 rings (SSSR count). The van der Waals surface area contributed by atoms with Gasteiger partial charge in [-0.05, 0) is 12.1 Å². The van der Waals surface area contributed by atoms with E-state index in [1.165, 1.54) is 6.07 Å². The molecule has 1 atom stereocenters. The van der Waals surface area contributed by atoms with Crippen molar-refractivity contribution in [3.05, 3.63) is 35.4 Å². The molecule has 0 aliphatic carbocycles. The van der Waals surface area contributed by atoms with E-state index in [9.17, 15) is 13.6 Å². The predicted octanol–water partition coefficient (Wildman–Crippen LogP) is 1.15. The van der Waals surface area contributed by atoms with Crippen LogP contribution in [0.5, 0.6) is 0 Å². The van der Waals surface area contributed by atoms with Crippen molar-refractivity contribution in [2.45, 2.75) is 6.10 Å². The van der Waals surface area contributed by atoms with Gasteiger partial charge >= 0.3 is 0 Å². The Labute approximate surface area is 85.0 Å². The van der Waals surface area contributed by atoms with Gasteiger partial charge in [0, 0.05) is 6.54 Å². The Hall–Kier alpha value is -1.49. The predicted molar refractivity (Wildman–Crippen MR) is 48.1 cm³/mol. The van der Waals surface area contributed by atoms with Crippen LogP contribution in [0.25, 0.3) is 0 Å². The normalized spacial score (nSPS) is 21.2. The third kappa shape index (κ3) is 1.97. The van der Waals surface area contributed by atoms with E-state index in [4.69, 9.17) is 4.74 Å². The van der Waals surface area contributed by atoms with Crippen LogP contribution in [0.15, 0.2) is 18.2 Å². The zero-order valence-electron chi connectivity index (χ0n) is 7.80. The van der Waals surface area contributed by atoms with Crippen molar-refractivity contribution in [2.24, 2.45) is 0 Å². The lowest BCUT2D eigenvalue weighted by molar-refractivity contribution is -0.133. The van der Waals surface area contributed by atoms with Crippen LogP contribution in [-0.2, 0) is 9.53 Å². The summed E-state index contributed by atoms with van der Waals surface area (Å²) in [5.41, 5.74) is -0.127. The minimum absolute atomic E-state index is 0.0939. The molecule has 1 fully saturated rings. The number of benzene rings is 1. The molecular weight excluding hydrogens is 204 g/mol. The number of carbonyl (C=O) groups excluding carboxylic acids is 1. The Morgan fingerprint density at radius 2 is 2.00 bits per heavy atom. The SMILES string of the molecule is O=C1CO[C@@H](c2c(F)cccc2F)CN1. The highest BCUT2D eigenvalue weighted by Crippen LogP contribution is 2.24. The fourth-order valence-electron chi connectivity index (χ4n) is 1.50. The molecule has 1 aliphatic rings. The second kappa shape index (κ2) is 3.94. The second-order valence-corrected chi connectivity index (χ2v) is 3.24. The minimum Gasteiger partial charge on any atom is -0.362 e. The summed E-state index contributed by atoms with van der Waals surface area (Å²) >= 11 is 0. The summed E-state index contributed by atoms with van der Waals surface area (Å²) in [5, 5.41) is 2.49. The van der Waals surface area contributed by atoms with E-state index in [1.54, 1.807) is 0 Å². The van der Waals surface area contributed by atoms with Crippen LogP contribution >= 0.6 is 0 Å². The number of nitrogens with one attached hydrogen (secondary N) is 1. The van der Waals surface area contributed by atoms with Crippen LogP contribution in [0, 0.1) is 11.6 Å². The minimum atomic E-state index is -0.746. The molecule has 0 spiro atoms. The highest BCUT2D eigenvalue weighted by atomic mass is 19.1. The summed E-state index contributed by atoms with van der Waals surface area (Å²) in [5.74, 6) is -1.59. The summed E-state index contributed by atoms with van der Waals surface area (Å²) in [6, 6.07) is 3.62. The van der Waals surface area contributed by atoms with E-state index in [-0.39, 0.29) is 24.6 Å². The van der Waals surface area contributed by atoms with E-state index >= 15 is 0 Å². The molecule has 15 heavy (non-hydrogen) atoms. The molecule has 0 aromatic heterocycles. The Balaban J connectivity index is 2.26. The monoisotopic (exact) mass is 213 g/mol. The van der Waals surface area contributed by atoms with Gasteiger partial charge < -0.3 is 10.1 Å². The van der Waals surface area contributed by atoms with Crippen molar-refractivity contribution < 1.29 is 18.3 Å². The molecule has 1 aromatic rings. The first-order chi connectivity index (χ1) is 7.18. The van der Waals surface area contributed by atoms with Crippen molar-refractivity contribution >= 4 is 5.91 Å². The molecule has 1 heterocycles. The number of halogens is 2. The van der Waals surface area contributed by atoms with E-state index in [0.29, 0.717) is 0 Å².